The van der Waals surface area contributed by atoms with Crippen LogP contribution in [0.3, 0.4) is 0 Å². The number of alkyl halides is 3. The molecule has 1 N–H and O–H groups in total. The van der Waals surface area contributed by atoms with Crippen molar-refractivity contribution in [3.8, 4) is 0 Å². The molecule has 0 saturated carbocycles. The van der Waals surface area contributed by atoms with Gasteiger partial charge in [0.15, 0.2) is 0 Å². The zero-order chi connectivity index (χ0) is 11.0. The zero-order valence-corrected chi connectivity index (χ0v) is 8.36. The predicted molar refractivity (Wildman–Crippen MR) is 46.2 cm³/mol. The lowest BCUT2D eigenvalue weighted by Gasteiger charge is -2.12. The molecular weight excluding hydrogens is 199 g/mol. The number of hydrogen-bond acceptors (Lipinski definition) is 3. The van der Waals surface area contributed by atoms with E-state index in [2.05, 4.69) is 10.1 Å². The van der Waals surface area contributed by atoms with E-state index in [4.69, 9.17) is 4.74 Å². The third kappa shape index (κ3) is 9.76. The van der Waals surface area contributed by atoms with E-state index in [-0.39, 0.29) is 19.3 Å². The van der Waals surface area contributed by atoms with Gasteiger partial charge >= 0.3 is 6.18 Å². The summed E-state index contributed by atoms with van der Waals surface area (Å²) in [5.41, 5.74) is 0. The van der Waals surface area contributed by atoms with Crippen molar-refractivity contribution >= 4 is 0 Å². The topological polar surface area (TPSA) is 30.5 Å². The maximum atomic E-state index is 11.6. The van der Waals surface area contributed by atoms with Crippen molar-refractivity contribution in [1.82, 2.24) is 5.32 Å². The van der Waals surface area contributed by atoms with Crippen LogP contribution >= 0.6 is 0 Å². The second kappa shape index (κ2) is 7.03. The molecule has 0 bridgehead atoms. The summed E-state index contributed by atoms with van der Waals surface area (Å²) in [6.45, 7) is 1.43. The molecule has 6 heteroatoms. The fraction of sp³-hybridized carbons (Fsp3) is 1.00. The number of hydrogen-bond donors (Lipinski definition) is 1. The number of likely N-dealkylation sites (N-methyl/N-ethyl adjacent to an activating group) is 1. The molecule has 0 aliphatic carbocycles. The standard InChI is InChI=1S/C8H16F3NO2/c1-7(5-12-2)14-4-3-13-6-8(9,10)11/h7,12H,3-6H2,1-2H3. The fourth-order valence-electron chi connectivity index (χ4n) is 0.843. The van der Waals surface area contributed by atoms with Gasteiger partial charge in [0.05, 0.1) is 19.3 Å². The Morgan fingerprint density at radius 3 is 2.43 bits per heavy atom. The minimum atomic E-state index is -4.25. The highest BCUT2D eigenvalue weighted by molar-refractivity contribution is 4.51. The van der Waals surface area contributed by atoms with E-state index in [1.165, 1.54) is 0 Å². The Labute approximate surface area is 81.6 Å². The molecule has 0 amide bonds. The van der Waals surface area contributed by atoms with Crippen molar-refractivity contribution in [1.29, 1.82) is 0 Å². The molecule has 0 aromatic carbocycles. The summed E-state index contributed by atoms with van der Waals surface area (Å²) in [6, 6.07) is 0. The summed E-state index contributed by atoms with van der Waals surface area (Å²) in [4.78, 5) is 0. The maximum absolute atomic E-state index is 11.6. The van der Waals surface area contributed by atoms with Crippen molar-refractivity contribution in [2.45, 2.75) is 19.2 Å². The summed E-state index contributed by atoms with van der Waals surface area (Å²) in [6.07, 6.45) is -4.27. The normalized spacial score (nSPS) is 14.4. The number of nitrogens with one attached hydrogen (secondary N) is 1. The Kier molecular flexibility index (Phi) is 6.86. The SMILES string of the molecule is CNCC(C)OCCOCC(F)(F)F. The van der Waals surface area contributed by atoms with E-state index >= 15 is 0 Å². The van der Waals surface area contributed by atoms with Gasteiger partial charge in [0.25, 0.3) is 0 Å². The molecule has 0 aliphatic rings. The van der Waals surface area contributed by atoms with Crippen LogP contribution < -0.4 is 5.32 Å². The molecule has 0 heterocycles. The molecule has 0 aliphatic heterocycles. The smallest absolute Gasteiger partial charge is 0.375 e. The van der Waals surface area contributed by atoms with Gasteiger partial charge in [0.1, 0.15) is 6.61 Å². The van der Waals surface area contributed by atoms with Gasteiger partial charge in [-0.2, -0.15) is 13.2 Å². The zero-order valence-electron chi connectivity index (χ0n) is 8.36. The Morgan fingerprint density at radius 2 is 1.93 bits per heavy atom. The molecule has 0 radical (unpaired) electrons. The fourth-order valence-corrected chi connectivity index (χ4v) is 0.843. The maximum Gasteiger partial charge on any atom is 0.411 e. The highest BCUT2D eigenvalue weighted by Gasteiger charge is 2.27. The minimum absolute atomic E-state index is 0.0190. The van der Waals surface area contributed by atoms with E-state index in [0.717, 1.165) is 0 Å². The van der Waals surface area contributed by atoms with Gasteiger partial charge in [-0.05, 0) is 14.0 Å². The first-order valence-corrected chi connectivity index (χ1v) is 4.36. The summed E-state index contributed by atoms with van der Waals surface area (Å²) in [5.74, 6) is 0. The second-order valence-corrected chi connectivity index (χ2v) is 2.91. The van der Waals surface area contributed by atoms with Gasteiger partial charge < -0.3 is 14.8 Å². The summed E-state index contributed by atoms with van der Waals surface area (Å²) >= 11 is 0. The van der Waals surface area contributed by atoms with E-state index in [0.29, 0.717) is 6.54 Å². The summed E-state index contributed by atoms with van der Waals surface area (Å²) in [7, 11) is 1.78. The largest absolute Gasteiger partial charge is 0.411 e. The van der Waals surface area contributed by atoms with Crippen molar-refractivity contribution < 1.29 is 22.6 Å². The minimum Gasteiger partial charge on any atom is -0.375 e. The van der Waals surface area contributed by atoms with E-state index in [1.54, 1.807) is 7.05 Å². The summed E-state index contributed by atoms with van der Waals surface area (Å²) in [5, 5.41) is 2.89. The molecule has 1 atom stereocenters. The van der Waals surface area contributed by atoms with Gasteiger partial charge in [0.2, 0.25) is 0 Å². The Hall–Kier alpha value is -0.330. The van der Waals surface area contributed by atoms with Crippen LogP contribution in [0.2, 0.25) is 0 Å². The van der Waals surface area contributed by atoms with Crippen LogP contribution in [0.15, 0.2) is 0 Å². The number of rotatable bonds is 7. The first-order valence-electron chi connectivity index (χ1n) is 4.36. The Balaban J connectivity index is 3.21. The number of halogens is 3. The highest BCUT2D eigenvalue weighted by atomic mass is 19.4. The van der Waals surface area contributed by atoms with Crippen LogP contribution in [0.25, 0.3) is 0 Å². The molecular formula is C8H16F3NO2. The van der Waals surface area contributed by atoms with E-state index in [1.807, 2.05) is 6.92 Å². The van der Waals surface area contributed by atoms with Gasteiger partial charge in [-0.3, -0.25) is 0 Å². The van der Waals surface area contributed by atoms with Crippen LogP contribution in [0.1, 0.15) is 6.92 Å². The van der Waals surface area contributed by atoms with Gasteiger partial charge in [0, 0.05) is 6.54 Å². The van der Waals surface area contributed by atoms with Crippen molar-refractivity contribution in [3.05, 3.63) is 0 Å². The van der Waals surface area contributed by atoms with Gasteiger partial charge in [-0.15, -0.1) is 0 Å². The Bertz CT molecular complexity index is 141. The lowest BCUT2D eigenvalue weighted by Crippen LogP contribution is -2.26. The first-order chi connectivity index (χ1) is 6.45. The third-order valence-electron chi connectivity index (χ3n) is 1.39. The molecule has 0 saturated heterocycles. The van der Waals surface area contributed by atoms with Gasteiger partial charge in [-0.25, -0.2) is 0 Å². The van der Waals surface area contributed by atoms with Crippen LogP contribution in [-0.2, 0) is 9.47 Å². The van der Waals surface area contributed by atoms with Crippen molar-refractivity contribution in [2.75, 3.05) is 33.4 Å². The predicted octanol–water partition coefficient (Wildman–Crippen LogP) is 1.19. The molecule has 0 aromatic heterocycles. The first kappa shape index (κ1) is 13.7. The van der Waals surface area contributed by atoms with Crippen LogP contribution in [0, 0.1) is 0 Å². The molecule has 1 unspecified atom stereocenters. The van der Waals surface area contributed by atoms with Crippen molar-refractivity contribution in [2.24, 2.45) is 0 Å². The van der Waals surface area contributed by atoms with Crippen LogP contribution in [0.4, 0.5) is 13.2 Å². The molecule has 3 nitrogen and oxygen atoms in total. The molecule has 0 spiro atoms. The monoisotopic (exact) mass is 215 g/mol. The Morgan fingerprint density at radius 1 is 1.29 bits per heavy atom. The summed E-state index contributed by atoms with van der Waals surface area (Å²) < 4.78 is 44.3. The molecule has 86 valence electrons. The average molecular weight is 215 g/mol. The second-order valence-electron chi connectivity index (χ2n) is 2.91. The van der Waals surface area contributed by atoms with Crippen LogP contribution in [0.5, 0.6) is 0 Å². The van der Waals surface area contributed by atoms with Gasteiger partial charge in [-0.1, -0.05) is 0 Å². The van der Waals surface area contributed by atoms with Crippen LogP contribution in [-0.4, -0.2) is 45.7 Å². The quantitative estimate of drug-likeness (QED) is 0.647. The molecule has 0 rings (SSSR count). The molecule has 14 heavy (non-hydrogen) atoms. The lowest BCUT2D eigenvalue weighted by molar-refractivity contribution is -0.177. The molecule has 0 fully saturated rings. The highest BCUT2D eigenvalue weighted by Crippen LogP contribution is 2.14. The van der Waals surface area contributed by atoms with E-state index in [9.17, 15) is 13.2 Å². The van der Waals surface area contributed by atoms with Crippen molar-refractivity contribution in [3.63, 3.8) is 0 Å². The van der Waals surface area contributed by atoms with E-state index < -0.39 is 12.8 Å². The average Bonchev–Trinajstić information content (AvgIpc) is 2.02. The lowest BCUT2D eigenvalue weighted by atomic mass is 10.4. The third-order valence-corrected chi connectivity index (χ3v) is 1.39. The molecule has 0 aromatic rings. The number of ether oxygens (including phenoxy) is 2.